The van der Waals surface area contributed by atoms with Crippen molar-refractivity contribution in [2.75, 3.05) is 5.32 Å². The monoisotopic (exact) mass is 443 g/mol. The molecule has 0 spiro atoms. The van der Waals surface area contributed by atoms with Gasteiger partial charge in [0.25, 0.3) is 0 Å². The summed E-state index contributed by atoms with van der Waals surface area (Å²) in [6, 6.07) is 12.6. The van der Waals surface area contributed by atoms with Crippen LogP contribution in [0.15, 0.2) is 67.1 Å². The number of benzene rings is 2. The fourth-order valence-electron chi connectivity index (χ4n) is 3.17. The van der Waals surface area contributed by atoms with E-state index in [-0.39, 0.29) is 22.0 Å². The van der Waals surface area contributed by atoms with Crippen LogP contribution in [0.2, 0.25) is 5.02 Å². The first-order valence-corrected chi connectivity index (χ1v) is 9.48. The van der Waals surface area contributed by atoms with Gasteiger partial charge in [0.2, 0.25) is 5.95 Å². The predicted octanol–water partition coefficient (Wildman–Crippen LogP) is 6.42. The molecule has 2 aromatic carbocycles. The first-order valence-electron chi connectivity index (χ1n) is 9.10. The van der Waals surface area contributed by atoms with Crippen LogP contribution in [0.1, 0.15) is 5.56 Å². The number of pyridine rings is 1. The maximum Gasteiger partial charge on any atom is 0.416 e. The van der Waals surface area contributed by atoms with Gasteiger partial charge in [0, 0.05) is 24.3 Å². The van der Waals surface area contributed by atoms with Crippen LogP contribution in [0.4, 0.5) is 24.8 Å². The van der Waals surface area contributed by atoms with Crippen molar-refractivity contribution in [2.45, 2.75) is 6.18 Å². The molecule has 0 aliphatic rings. The highest BCUT2D eigenvalue weighted by molar-refractivity contribution is 6.35. The zero-order chi connectivity index (χ0) is 21.6. The van der Waals surface area contributed by atoms with Crippen molar-refractivity contribution < 1.29 is 17.9 Å². The lowest BCUT2D eigenvalue weighted by Gasteiger charge is -2.08. The fourth-order valence-corrected chi connectivity index (χ4v) is 3.43. The molecule has 3 heterocycles. The van der Waals surface area contributed by atoms with Crippen LogP contribution in [0.3, 0.4) is 0 Å². The van der Waals surface area contributed by atoms with E-state index in [1.165, 1.54) is 0 Å². The van der Waals surface area contributed by atoms with Gasteiger partial charge in [-0.15, -0.1) is 0 Å². The largest absolute Gasteiger partial charge is 0.453 e. The van der Waals surface area contributed by atoms with E-state index in [9.17, 15) is 13.2 Å². The molecule has 0 saturated heterocycles. The highest BCUT2D eigenvalue weighted by atomic mass is 35.5. The van der Waals surface area contributed by atoms with Gasteiger partial charge in [-0.3, -0.25) is 0 Å². The van der Waals surface area contributed by atoms with Crippen LogP contribution >= 0.6 is 11.6 Å². The van der Waals surface area contributed by atoms with E-state index in [2.05, 4.69) is 20.3 Å². The van der Waals surface area contributed by atoms with Crippen LogP contribution in [0.25, 0.3) is 16.7 Å². The fraction of sp³-hybridized carbons (Fsp3) is 0.0476. The first-order chi connectivity index (χ1) is 14.9. The number of aromatic nitrogens is 4. The second-order valence-electron chi connectivity index (χ2n) is 6.72. The molecule has 10 heteroatoms. The Balaban J connectivity index is 1.36. The minimum Gasteiger partial charge on any atom is -0.453 e. The van der Waals surface area contributed by atoms with Gasteiger partial charge in [-0.2, -0.15) is 13.2 Å². The molecule has 3 aromatic heterocycles. The second kappa shape index (κ2) is 7.21. The summed E-state index contributed by atoms with van der Waals surface area (Å²) < 4.78 is 46.7. The maximum atomic E-state index is 13.0. The Kier molecular flexibility index (Phi) is 4.48. The van der Waals surface area contributed by atoms with Crippen molar-refractivity contribution in [2.24, 2.45) is 0 Å². The summed E-state index contributed by atoms with van der Waals surface area (Å²) >= 11 is 5.98. The van der Waals surface area contributed by atoms with Crippen molar-refractivity contribution in [3.05, 3.63) is 77.7 Å². The minimum atomic E-state index is -4.49. The van der Waals surface area contributed by atoms with Gasteiger partial charge in [-0.05, 0) is 48.5 Å². The van der Waals surface area contributed by atoms with E-state index < -0.39 is 11.7 Å². The number of nitrogens with zero attached hydrogens (tertiary/aromatic N) is 3. The van der Waals surface area contributed by atoms with E-state index in [4.69, 9.17) is 16.3 Å². The average Bonchev–Trinajstić information content (AvgIpc) is 3.36. The lowest BCUT2D eigenvalue weighted by molar-refractivity contribution is -0.137. The van der Waals surface area contributed by atoms with Crippen LogP contribution in [-0.2, 0) is 6.18 Å². The number of hydrogen-bond donors (Lipinski definition) is 2. The molecule has 2 N–H and O–H groups in total. The third kappa shape index (κ3) is 3.75. The Hall–Kier alpha value is -3.72. The molecule has 31 heavy (non-hydrogen) atoms. The van der Waals surface area contributed by atoms with E-state index >= 15 is 0 Å². The number of imidazole rings is 2. The molecule has 0 bridgehead atoms. The van der Waals surface area contributed by atoms with Gasteiger partial charge < -0.3 is 19.4 Å². The number of halogens is 4. The number of hydrogen-bond acceptors (Lipinski definition) is 4. The van der Waals surface area contributed by atoms with E-state index in [1.54, 1.807) is 30.5 Å². The maximum absolute atomic E-state index is 13.0. The summed E-state index contributed by atoms with van der Waals surface area (Å²) in [6.45, 7) is 0. The SMILES string of the molecule is FC(F)(F)c1cc(Cl)c2nc(Nc3ccc(Oc4cccn5ccnc45)cc3)[nH]c2c1. The molecule has 0 aliphatic heterocycles. The zero-order valence-corrected chi connectivity index (χ0v) is 16.4. The molecule has 6 nitrogen and oxygen atoms in total. The summed E-state index contributed by atoms with van der Waals surface area (Å²) in [5.41, 5.74) is 0.967. The highest BCUT2D eigenvalue weighted by Gasteiger charge is 2.31. The second-order valence-corrected chi connectivity index (χ2v) is 7.13. The van der Waals surface area contributed by atoms with Crippen LogP contribution < -0.4 is 10.1 Å². The van der Waals surface area contributed by atoms with Gasteiger partial charge in [0.1, 0.15) is 11.3 Å². The van der Waals surface area contributed by atoms with Crippen molar-refractivity contribution >= 4 is 39.9 Å². The minimum absolute atomic E-state index is 0.0777. The van der Waals surface area contributed by atoms with Crippen LogP contribution in [0, 0.1) is 0 Å². The number of anilines is 2. The molecule has 0 aliphatic carbocycles. The van der Waals surface area contributed by atoms with Gasteiger partial charge in [0.15, 0.2) is 11.4 Å². The number of H-pyrrole nitrogens is 1. The van der Waals surface area contributed by atoms with Gasteiger partial charge >= 0.3 is 6.18 Å². The van der Waals surface area contributed by atoms with Gasteiger partial charge in [-0.1, -0.05) is 11.6 Å². The quantitative estimate of drug-likeness (QED) is 0.336. The summed E-state index contributed by atoms with van der Waals surface area (Å²) in [4.78, 5) is 11.3. The number of rotatable bonds is 4. The number of aromatic amines is 1. The molecule has 5 aromatic rings. The number of nitrogens with one attached hydrogen (secondary N) is 2. The Bertz CT molecular complexity index is 1390. The smallest absolute Gasteiger partial charge is 0.416 e. The molecule has 156 valence electrons. The molecule has 0 fully saturated rings. The van der Waals surface area contributed by atoms with Gasteiger partial charge in [0.05, 0.1) is 16.1 Å². The van der Waals surface area contributed by atoms with Crippen LogP contribution in [-0.4, -0.2) is 19.4 Å². The summed E-state index contributed by atoms with van der Waals surface area (Å²) in [5, 5.41) is 2.94. The third-order valence-electron chi connectivity index (χ3n) is 4.60. The van der Waals surface area contributed by atoms with Crippen molar-refractivity contribution in [3.8, 4) is 11.5 Å². The Labute approximate surface area is 178 Å². The topological polar surface area (TPSA) is 67.2 Å². The summed E-state index contributed by atoms with van der Waals surface area (Å²) in [6.07, 6.45) is 0.894. The van der Waals surface area contributed by atoms with E-state index in [0.29, 0.717) is 22.8 Å². The molecule has 0 saturated carbocycles. The van der Waals surface area contributed by atoms with Crippen molar-refractivity contribution in [1.29, 1.82) is 0 Å². The summed E-state index contributed by atoms with van der Waals surface area (Å²) in [5.74, 6) is 1.48. The van der Waals surface area contributed by atoms with Crippen molar-refractivity contribution in [1.82, 2.24) is 19.4 Å². The Morgan fingerprint density at radius 2 is 1.87 bits per heavy atom. The van der Waals surface area contributed by atoms with E-state index in [0.717, 1.165) is 12.1 Å². The highest BCUT2D eigenvalue weighted by Crippen LogP contribution is 2.35. The third-order valence-corrected chi connectivity index (χ3v) is 4.88. The molecule has 5 rings (SSSR count). The molecule has 0 amide bonds. The number of fused-ring (bicyclic) bond motifs is 2. The predicted molar refractivity (Wildman–Crippen MR) is 111 cm³/mol. The molecular weight excluding hydrogens is 431 g/mol. The number of ether oxygens (including phenoxy) is 1. The lowest BCUT2D eigenvalue weighted by atomic mass is 10.2. The lowest BCUT2D eigenvalue weighted by Crippen LogP contribution is -2.04. The standard InChI is InChI=1S/C21H13ClF3N5O/c22-15-10-12(21(23,24)25)11-16-18(15)29-20(28-16)27-13-3-5-14(6-4-13)31-17-2-1-8-30-9-7-26-19(17)30/h1-11H,(H2,27,28,29). The normalized spacial score (nSPS) is 11.9. The first kappa shape index (κ1) is 19.3. The molecular formula is C21H13ClF3N5O. The molecule has 0 unspecified atom stereocenters. The van der Waals surface area contributed by atoms with Gasteiger partial charge in [-0.25, -0.2) is 9.97 Å². The average molecular weight is 444 g/mol. The Morgan fingerprint density at radius 1 is 1.06 bits per heavy atom. The number of alkyl halides is 3. The van der Waals surface area contributed by atoms with Crippen molar-refractivity contribution in [3.63, 3.8) is 0 Å². The Morgan fingerprint density at radius 3 is 2.65 bits per heavy atom. The molecule has 0 radical (unpaired) electrons. The zero-order valence-electron chi connectivity index (χ0n) is 15.6. The molecule has 0 atom stereocenters. The van der Waals surface area contributed by atoms with Crippen LogP contribution in [0.5, 0.6) is 11.5 Å². The van der Waals surface area contributed by atoms with E-state index in [1.807, 2.05) is 28.9 Å². The summed E-state index contributed by atoms with van der Waals surface area (Å²) in [7, 11) is 0.